The van der Waals surface area contributed by atoms with Crippen molar-refractivity contribution in [3.05, 3.63) is 23.3 Å². The van der Waals surface area contributed by atoms with E-state index >= 15 is 0 Å². The van der Waals surface area contributed by atoms with Crippen molar-refractivity contribution >= 4 is 11.6 Å². The van der Waals surface area contributed by atoms with Crippen LogP contribution in [0.15, 0.2) is 12.1 Å². The van der Waals surface area contributed by atoms with Gasteiger partial charge < -0.3 is 14.3 Å². The van der Waals surface area contributed by atoms with E-state index < -0.39 is 0 Å². The largest absolute Gasteiger partial charge is 0.496 e. The number of methoxy groups -OCH3 is 1. The standard InChI is InChI=1S/C15H18O4/c1-9(16)4-5-13(17)12-8-14-11(6-10(2)19-14)7-15(12)18-3/h7-8,10H,4-6H2,1-3H3. The minimum absolute atomic E-state index is 0.0124. The fraction of sp³-hybridized carbons (Fsp3) is 0.467. The Balaban J connectivity index is 2.27. The number of Topliss-reactive ketones (excluding diaryl/α,β-unsaturated/α-hetero) is 2. The first-order valence-electron chi connectivity index (χ1n) is 6.41. The molecular formula is C15H18O4. The van der Waals surface area contributed by atoms with Crippen LogP contribution in [0.2, 0.25) is 0 Å². The molecule has 0 spiro atoms. The molecule has 0 saturated heterocycles. The van der Waals surface area contributed by atoms with Gasteiger partial charge in [-0.25, -0.2) is 0 Å². The first-order valence-corrected chi connectivity index (χ1v) is 6.41. The summed E-state index contributed by atoms with van der Waals surface area (Å²) < 4.78 is 10.9. The van der Waals surface area contributed by atoms with Crippen molar-refractivity contribution in [2.45, 2.75) is 39.2 Å². The van der Waals surface area contributed by atoms with Gasteiger partial charge in [0.15, 0.2) is 5.78 Å². The molecule has 0 aromatic heterocycles. The molecule has 2 rings (SSSR count). The van der Waals surface area contributed by atoms with Crippen LogP contribution in [0.1, 0.15) is 42.6 Å². The molecule has 0 amide bonds. The smallest absolute Gasteiger partial charge is 0.167 e. The summed E-state index contributed by atoms with van der Waals surface area (Å²) in [5.74, 6) is 1.24. The molecule has 4 heteroatoms. The number of carbonyl (C=O) groups is 2. The second kappa shape index (κ2) is 5.43. The zero-order chi connectivity index (χ0) is 14.0. The lowest BCUT2D eigenvalue weighted by molar-refractivity contribution is -0.116. The molecule has 0 bridgehead atoms. The molecule has 102 valence electrons. The molecule has 1 heterocycles. The summed E-state index contributed by atoms with van der Waals surface area (Å²) in [5.41, 5.74) is 1.56. The Bertz CT molecular complexity index is 519. The Morgan fingerprint density at radius 1 is 1.37 bits per heavy atom. The fourth-order valence-corrected chi connectivity index (χ4v) is 2.25. The number of rotatable bonds is 5. The molecule has 1 unspecified atom stereocenters. The van der Waals surface area contributed by atoms with Gasteiger partial charge >= 0.3 is 0 Å². The lowest BCUT2D eigenvalue weighted by Crippen LogP contribution is -2.06. The molecule has 1 aromatic carbocycles. The average molecular weight is 262 g/mol. The van der Waals surface area contributed by atoms with Gasteiger partial charge in [-0.1, -0.05) is 0 Å². The van der Waals surface area contributed by atoms with Crippen LogP contribution in [-0.2, 0) is 11.2 Å². The third kappa shape index (κ3) is 2.95. The molecule has 4 nitrogen and oxygen atoms in total. The summed E-state index contributed by atoms with van der Waals surface area (Å²) in [4.78, 5) is 23.1. The van der Waals surface area contributed by atoms with E-state index in [1.807, 2.05) is 13.0 Å². The van der Waals surface area contributed by atoms with Gasteiger partial charge in [0.2, 0.25) is 0 Å². The lowest BCUT2D eigenvalue weighted by atomic mass is 10.0. The SMILES string of the molecule is COc1cc2c(cc1C(=O)CCC(C)=O)OC(C)C2. The molecular weight excluding hydrogens is 244 g/mol. The van der Waals surface area contributed by atoms with E-state index in [2.05, 4.69) is 0 Å². The van der Waals surface area contributed by atoms with Gasteiger partial charge in [-0.2, -0.15) is 0 Å². The third-order valence-electron chi connectivity index (χ3n) is 3.22. The summed E-state index contributed by atoms with van der Waals surface area (Å²) in [6.45, 7) is 3.47. The minimum Gasteiger partial charge on any atom is -0.496 e. The van der Waals surface area contributed by atoms with Gasteiger partial charge in [0, 0.05) is 24.8 Å². The van der Waals surface area contributed by atoms with Crippen LogP contribution in [0.4, 0.5) is 0 Å². The van der Waals surface area contributed by atoms with Gasteiger partial charge in [-0.05, 0) is 26.0 Å². The second-order valence-electron chi connectivity index (χ2n) is 4.92. The summed E-state index contributed by atoms with van der Waals surface area (Å²) in [6, 6.07) is 3.60. The van der Waals surface area contributed by atoms with Crippen molar-refractivity contribution in [2.75, 3.05) is 7.11 Å². The third-order valence-corrected chi connectivity index (χ3v) is 3.22. The molecule has 1 atom stereocenters. The van der Waals surface area contributed by atoms with E-state index in [9.17, 15) is 9.59 Å². The Kier molecular flexibility index (Phi) is 3.88. The maximum atomic E-state index is 12.1. The molecule has 1 aromatic rings. The second-order valence-corrected chi connectivity index (χ2v) is 4.92. The monoisotopic (exact) mass is 262 g/mol. The molecule has 19 heavy (non-hydrogen) atoms. The van der Waals surface area contributed by atoms with Crippen LogP contribution < -0.4 is 9.47 Å². The maximum Gasteiger partial charge on any atom is 0.167 e. The molecule has 0 aliphatic carbocycles. The van der Waals surface area contributed by atoms with Crippen molar-refractivity contribution in [2.24, 2.45) is 0 Å². The summed E-state index contributed by atoms with van der Waals surface area (Å²) in [5, 5.41) is 0. The van der Waals surface area contributed by atoms with Crippen LogP contribution in [0.5, 0.6) is 11.5 Å². The Hall–Kier alpha value is -1.84. The first-order chi connectivity index (χ1) is 9.01. The molecule has 1 aliphatic rings. The number of hydrogen-bond donors (Lipinski definition) is 0. The van der Waals surface area contributed by atoms with Gasteiger partial charge in [0.05, 0.1) is 12.7 Å². The number of fused-ring (bicyclic) bond motifs is 1. The van der Waals surface area contributed by atoms with Crippen LogP contribution in [0, 0.1) is 0 Å². The predicted octanol–water partition coefficient (Wildman–Crippen LogP) is 2.57. The normalized spacial score (nSPS) is 16.7. The topological polar surface area (TPSA) is 52.6 Å². The first kappa shape index (κ1) is 13.6. The molecule has 0 radical (unpaired) electrons. The molecule has 1 aliphatic heterocycles. The molecule has 0 N–H and O–H groups in total. The highest BCUT2D eigenvalue weighted by Crippen LogP contribution is 2.35. The van der Waals surface area contributed by atoms with Gasteiger partial charge in [0.25, 0.3) is 0 Å². The van der Waals surface area contributed by atoms with Crippen LogP contribution in [0.25, 0.3) is 0 Å². The number of carbonyl (C=O) groups excluding carboxylic acids is 2. The van der Waals surface area contributed by atoms with Crippen molar-refractivity contribution in [3.63, 3.8) is 0 Å². The summed E-state index contributed by atoms with van der Waals surface area (Å²) in [7, 11) is 1.54. The zero-order valence-electron chi connectivity index (χ0n) is 11.5. The van der Waals surface area contributed by atoms with Crippen molar-refractivity contribution in [1.29, 1.82) is 0 Å². The maximum absolute atomic E-state index is 12.1. The van der Waals surface area contributed by atoms with Crippen LogP contribution >= 0.6 is 0 Å². The van der Waals surface area contributed by atoms with Gasteiger partial charge in [0.1, 0.15) is 23.4 Å². The fourth-order valence-electron chi connectivity index (χ4n) is 2.25. The lowest BCUT2D eigenvalue weighted by Gasteiger charge is -2.10. The van der Waals surface area contributed by atoms with E-state index in [1.165, 1.54) is 6.92 Å². The van der Waals surface area contributed by atoms with Crippen molar-refractivity contribution in [1.82, 2.24) is 0 Å². The number of ketones is 2. The molecule has 0 saturated carbocycles. The van der Waals surface area contributed by atoms with E-state index in [-0.39, 0.29) is 30.5 Å². The summed E-state index contributed by atoms with van der Waals surface area (Å²) in [6.07, 6.45) is 1.42. The van der Waals surface area contributed by atoms with Crippen molar-refractivity contribution < 1.29 is 19.1 Å². The minimum atomic E-state index is -0.0852. The highest BCUT2D eigenvalue weighted by molar-refractivity contribution is 6.00. The zero-order valence-corrected chi connectivity index (χ0v) is 11.5. The van der Waals surface area contributed by atoms with E-state index in [4.69, 9.17) is 9.47 Å². The van der Waals surface area contributed by atoms with Gasteiger partial charge in [-0.3, -0.25) is 4.79 Å². The quantitative estimate of drug-likeness (QED) is 0.765. The van der Waals surface area contributed by atoms with E-state index in [0.717, 1.165) is 17.7 Å². The van der Waals surface area contributed by atoms with E-state index in [1.54, 1.807) is 13.2 Å². The van der Waals surface area contributed by atoms with Crippen LogP contribution in [0.3, 0.4) is 0 Å². The predicted molar refractivity (Wildman–Crippen MR) is 71.0 cm³/mol. The molecule has 0 fully saturated rings. The summed E-state index contributed by atoms with van der Waals surface area (Å²) >= 11 is 0. The average Bonchev–Trinajstić information content (AvgIpc) is 2.73. The Labute approximate surface area is 112 Å². The highest BCUT2D eigenvalue weighted by atomic mass is 16.5. The van der Waals surface area contributed by atoms with Crippen molar-refractivity contribution in [3.8, 4) is 11.5 Å². The Morgan fingerprint density at radius 3 is 2.74 bits per heavy atom. The highest BCUT2D eigenvalue weighted by Gasteiger charge is 2.23. The van der Waals surface area contributed by atoms with Gasteiger partial charge in [-0.15, -0.1) is 0 Å². The van der Waals surface area contributed by atoms with Crippen LogP contribution in [-0.4, -0.2) is 24.8 Å². The number of ether oxygens (including phenoxy) is 2. The van der Waals surface area contributed by atoms with E-state index in [0.29, 0.717) is 11.3 Å². The number of hydrogen-bond acceptors (Lipinski definition) is 4. The Morgan fingerprint density at radius 2 is 2.11 bits per heavy atom. The number of benzene rings is 1.